The molecule has 4 heteroatoms. The number of amides is 2. The molecule has 0 radical (unpaired) electrons. The van der Waals surface area contributed by atoms with E-state index in [2.05, 4.69) is 24.5 Å². The zero-order valence-electron chi connectivity index (χ0n) is 13.9. The Hall–Kier alpha value is -1.84. The van der Waals surface area contributed by atoms with Gasteiger partial charge in [-0.25, -0.2) is 0 Å². The van der Waals surface area contributed by atoms with E-state index in [-0.39, 0.29) is 6.04 Å². The molecular weight excluding hydrogens is 276 g/mol. The van der Waals surface area contributed by atoms with Gasteiger partial charge in [0, 0.05) is 6.54 Å². The molecule has 1 aromatic rings. The summed E-state index contributed by atoms with van der Waals surface area (Å²) in [6.45, 7) is 6.72. The van der Waals surface area contributed by atoms with Gasteiger partial charge < -0.3 is 10.6 Å². The molecule has 0 aliphatic heterocycles. The van der Waals surface area contributed by atoms with Gasteiger partial charge in [-0.05, 0) is 24.8 Å². The van der Waals surface area contributed by atoms with Crippen molar-refractivity contribution in [3.8, 4) is 0 Å². The molecule has 0 heterocycles. The molecule has 122 valence electrons. The third kappa shape index (κ3) is 6.29. The number of unbranched alkanes of at least 4 members (excludes halogenated alkanes) is 1. The first-order valence-electron chi connectivity index (χ1n) is 8.22. The molecule has 2 amide bonds. The highest BCUT2D eigenvalue weighted by atomic mass is 16.2. The van der Waals surface area contributed by atoms with Crippen molar-refractivity contribution in [2.24, 2.45) is 5.92 Å². The molecule has 0 saturated heterocycles. The average molecular weight is 304 g/mol. The first-order chi connectivity index (χ1) is 10.6. The van der Waals surface area contributed by atoms with E-state index in [4.69, 9.17) is 0 Å². The van der Waals surface area contributed by atoms with Crippen LogP contribution >= 0.6 is 0 Å². The number of carbonyl (C=O) groups excluding carboxylic acids is 2. The van der Waals surface area contributed by atoms with Crippen LogP contribution in [0.15, 0.2) is 30.3 Å². The van der Waals surface area contributed by atoms with E-state index in [1.807, 2.05) is 37.3 Å². The molecule has 0 fully saturated rings. The highest BCUT2D eigenvalue weighted by Gasteiger charge is 2.17. The van der Waals surface area contributed by atoms with Crippen LogP contribution in [-0.4, -0.2) is 18.4 Å². The lowest BCUT2D eigenvalue weighted by Crippen LogP contribution is -2.42. The number of hydrogen-bond acceptors (Lipinski definition) is 2. The third-order valence-electron chi connectivity index (χ3n) is 3.95. The van der Waals surface area contributed by atoms with E-state index in [0.717, 1.165) is 31.2 Å². The fraction of sp³-hybridized carbons (Fsp3) is 0.556. The number of nitrogens with one attached hydrogen (secondary N) is 2. The molecule has 1 aromatic carbocycles. The molecule has 22 heavy (non-hydrogen) atoms. The predicted octanol–water partition coefficient (Wildman–Crippen LogP) is 3.20. The van der Waals surface area contributed by atoms with E-state index in [0.29, 0.717) is 12.5 Å². The van der Waals surface area contributed by atoms with Gasteiger partial charge >= 0.3 is 11.8 Å². The molecule has 2 unspecified atom stereocenters. The van der Waals surface area contributed by atoms with Gasteiger partial charge in [0.25, 0.3) is 0 Å². The Kier molecular flexibility index (Phi) is 8.26. The van der Waals surface area contributed by atoms with Crippen molar-refractivity contribution in [3.63, 3.8) is 0 Å². The first-order valence-corrected chi connectivity index (χ1v) is 8.22. The lowest BCUT2D eigenvalue weighted by molar-refractivity contribution is -0.139. The molecule has 4 nitrogen and oxygen atoms in total. The maximum Gasteiger partial charge on any atom is 0.309 e. The predicted molar refractivity (Wildman–Crippen MR) is 89.3 cm³/mol. The summed E-state index contributed by atoms with van der Waals surface area (Å²) in [5.41, 5.74) is 0.984. The number of benzene rings is 1. The zero-order chi connectivity index (χ0) is 16.4. The number of hydrogen-bond donors (Lipinski definition) is 2. The van der Waals surface area contributed by atoms with Crippen LogP contribution in [-0.2, 0) is 9.59 Å². The van der Waals surface area contributed by atoms with E-state index in [1.54, 1.807) is 0 Å². The molecule has 0 aromatic heterocycles. The molecule has 0 aliphatic carbocycles. The SMILES string of the molecule is CCCCC(CC)CNC(=O)C(=O)NC(C)c1ccccc1. The minimum absolute atomic E-state index is 0.179. The van der Waals surface area contributed by atoms with Crippen LogP contribution in [0.3, 0.4) is 0 Å². The maximum absolute atomic E-state index is 11.9. The smallest absolute Gasteiger partial charge is 0.309 e. The van der Waals surface area contributed by atoms with Gasteiger partial charge in [0.05, 0.1) is 6.04 Å². The summed E-state index contributed by atoms with van der Waals surface area (Å²) >= 11 is 0. The monoisotopic (exact) mass is 304 g/mol. The average Bonchev–Trinajstić information content (AvgIpc) is 2.55. The summed E-state index contributed by atoms with van der Waals surface area (Å²) in [5, 5.41) is 5.48. The minimum Gasteiger partial charge on any atom is -0.348 e. The van der Waals surface area contributed by atoms with Gasteiger partial charge in [0.2, 0.25) is 0 Å². The first kappa shape index (κ1) is 18.2. The molecular formula is C18H28N2O2. The summed E-state index contributed by atoms with van der Waals surface area (Å²) in [4.78, 5) is 23.8. The van der Waals surface area contributed by atoms with Crippen molar-refractivity contribution in [2.45, 2.75) is 52.5 Å². The zero-order valence-corrected chi connectivity index (χ0v) is 13.9. The summed E-state index contributed by atoms with van der Waals surface area (Å²) in [6.07, 6.45) is 4.42. The van der Waals surface area contributed by atoms with Gasteiger partial charge in [-0.3, -0.25) is 9.59 Å². The van der Waals surface area contributed by atoms with Crippen molar-refractivity contribution in [1.29, 1.82) is 0 Å². The standard InChI is InChI=1S/C18H28N2O2/c1-4-6-10-15(5-2)13-19-17(21)18(22)20-14(3)16-11-8-7-9-12-16/h7-9,11-12,14-15H,4-6,10,13H2,1-3H3,(H,19,21)(H,20,22). The molecule has 0 spiro atoms. The van der Waals surface area contributed by atoms with Crippen LogP contribution in [0.4, 0.5) is 0 Å². The molecule has 2 N–H and O–H groups in total. The van der Waals surface area contributed by atoms with Crippen molar-refractivity contribution in [3.05, 3.63) is 35.9 Å². The number of carbonyl (C=O) groups is 2. The Morgan fingerprint density at radius 1 is 1.09 bits per heavy atom. The molecule has 2 atom stereocenters. The van der Waals surface area contributed by atoms with Crippen LogP contribution in [0.5, 0.6) is 0 Å². The van der Waals surface area contributed by atoms with Crippen LogP contribution < -0.4 is 10.6 Å². The second kappa shape index (κ2) is 9.98. The Bertz CT molecular complexity index is 459. The van der Waals surface area contributed by atoms with Gasteiger partial charge in [-0.15, -0.1) is 0 Å². The Morgan fingerprint density at radius 3 is 2.36 bits per heavy atom. The van der Waals surface area contributed by atoms with Gasteiger partial charge in [-0.2, -0.15) is 0 Å². The van der Waals surface area contributed by atoms with Crippen LogP contribution in [0, 0.1) is 5.92 Å². The van der Waals surface area contributed by atoms with Crippen molar-refractivity contribution < 1.29 is 9.59 Å². The summed E-state index contributed by atoms with van der Waals surface area (Å²) in [6, 6.07) is 9.43. The summed E-state index contributed by atoms with van der Waals surface area (Å²) < 4.78 is 0. The molecule has 1 rings (SSSR count). The lowest BCUT2D eigenvalue weighted by Gasteiger charge is -2.17. The quantitative estimate of drug-likeness (QED) is 0.725. The fourth-order valence-electron chi connectivity index (χ4n) is 2.35. The highest BCUT2D eigenvalue weighted by molar-refractivity contribution is 6.35. The normalized spacial score (nSPS) is 13.2. The van der Waals surface area contributed by atoms with Gasteiger partial charge in [-0.1, -0.05) is 63.4 Å². The van der Waals surface area contributed by atoms with Crippen molar-refractivity contribution in [2.75, 3.05) is 6.54 Å². The minimum atomic E-state index is -0.568. The fourth-order valence-corrected chi connectivity index (χ4v) is 2.35. The molecule has 0 aliphatic rings. The van der Waals surface area contributed by atoms with Crippen molar-refractivity contribution >= 4 is 11.8 Å². The third-order valence-corrected chi connectivity index (χ3v) is 3.95. The van der Waals surface area contributed by atoms with Gasteiger partial charge in [0.15, 0.2) is 0 Å². The van der Waals surface area contributed by atoms with E-state index >= 15 is 0 Å². The lowest BCUT2D eigenvalue weighted by atomic mass is 9.99. The largest absolute Gasteiger partial charge is 0.348 e. The Labute approximate surface area is 133 Å². The van der Waals surface area contributed by atoms with E-state index in [1.165, 1.54) is 0 Å². The molecule has 0 saturated carbocycles. The van der Waals surface area contributed by atoms with E-state index < -0.39 is 11.8 Å². The second-order valence-corrected chi connectivity index (χ2v) is 5.73. The highest BCUT2D eigenvalue weighted by Crippen LogP contribution is 2.12. The summed E-state index contributed by atoms with van der Waals surface area (Å²) in [5.74, 6) is -0.664. The van der Waals surface area contributed by atoms with Crippen LogP contribution in [0.2, 0.25) is 0 Å². The Morgan fingerprint density at radius 2 is 1.77 bits per heavy atom. The van der Waals surface area contributed by atoms with Crippen LogP contribution in [0.1, 0.15) is 58.1 Å². The second-order valence-electron chi connectivity index (χ2n) is 5.73. The van der Waals surface area contributed by atoms with Gasteiger partial charge in [0.1, 0.15) is 0 Å². The van der Waals surface area contributed by atoms with E-state index in [9.17, 15) is 9.59 Å². The van der Waals surface area contributed by atoms with Crippen LogP contribution in [0.25, 0.3) is 0 Å². The number of rotatable bonds is 8. The topological polar surface area (TPSA) is 58.2 Å². The van der Waals surface area contributed by atoms with Crippen molar-refractivity contribution in [1.82, 2.24) is 10.6 Å². The summed E-state index contributed by atoms with van der Waals surface area (Å²) in [7, 11) is 0. The maximum atomic E-state index is 11.9. The molecule has 0 bridgehead atoms. The Balaban J connectivity index is 2.40.